The zero-order valence-electron chi connectivity index (χ0n) is 29.8. The van der Waals surface area contributed by atoms with Gasteiger partial charge in [0.1, 0.15) is 0 Å². The summed E-state index contributed by atoms with van der Waals surface area (Å²) in [4.78, 5) is 15.1. The van der Waals surface area contributed by atoms with Crippen LogP contribution < -0.4 is 0 Å². The molecule has 8 aromatic carbocycles. The van der Waals surface area contributed by atoms with Gasteiger partial charge in [0.2, 0.25) is 0 Å². The zero-order chi connectivity index (χ0) is 36.6. The molecule has 0 saturated carbocycles. The van der Waals surface area contributed by atoms with E-state index in [1.165, 1.54) is 64.7 Å². The number of hydrogen-bond acceptors (Lipinski definition) is 4. The van der Waals surface area contributed by atoms with Crippen molar-refractivity contribution in [1.29, 1.82) is 0 Å². The average Bonchev–Trinajstić information content (AvgIpc) is 3.66. The van der Waals surface area contributed by atoms with Crippen molar-refractivity contribution < 1.29 is 0 Å². The van der Waals surface area contributed by atoms with Gasteiger partial charge in [-0.25, -0.2) is 15.0 Å². The quantitative estimate of drug-likeness (QED) is 0.165. The lowest BCUT2D eigenvalue weighted by atomic mass is 9.96. The fourth-order valence-electron chi connectivity index (χ4n) is 7.34. The fourth-order valence-corrected chi connectivity index (χ4v) is 8.45. The topological polar surface area (TPSA) is 38.7 Å². The molecule has 0 N–H and O–H groups in total. The Bertz CT molecular complexity index is 2880. The molecule has 4 heteroatoms. The molecule has 0 fully saturated rings. The number of rotatable bonds is 7. The number of hydrogen-bond donors (Lipinski definition) is 0. The molecule has 0 unspecified atom stereocenters. The Kier molecular flexibility index (Phi) is 8.36. The van der Waals surface area contributed by atoms with Crippen LogP contribution in [0.3, 0.4) is 0 Å². The van der Waals surface area contributed by atoms with Crippen LogP contribution in [0.15, 0.2) is 200 Å². The van der Waals surface area contributed by atoms with Crippen LogP contribution in [0, 0.1) is 0 Å². The van der Waals surface area contributed by atoms with E-state index in [9.17, 15) is 0 Å². The van der Waals surface area contributed by atoms with E-state index >= 15 is 0 Å². The van der Waals surface area contributed by atoms with Crippen LogP contribution in [0.5, 0.6) is 0 Å². The van der Waals surface area contributed by atoms with Crippen LogP contribution in [-0.2, 0) is 0 Å². The van der Waals surface area contributed by atoms with Crippen molar-refractivity contribution >= 4 is 31.5 Å². The maximum atomic E-state index is 5.08. The van der Waals surface area contributed by atoms with E-state index in [1.54, 1.807) is 11.3 Å². The first-order valence-corrected chi connectivity index (χ1v) is 19.2. The highest BCUT2D eigenvalue weighted by atomic mass is 32.1. The maximum absolute atomic E-state index is 5.08. The van der Waals surface area contributed by atoms with E-state index in [-0.39, 0.29) is 0 Å². The number of benzene rings is 8. The Morgan fingerprint density at radius 2 is 0.673 bits per heavy atom. The van der Waals surface area contributed by atoms with Crippen LogP contribution in [0.25, 0.3) is 98.8 Å². The second-order valence-electron chi connectivity index (χ2n) is 13.6. The summed E-state index contributed by atoms with van der Waals surface area (Å²) in [5, 5.41) is 2.37. The van der Waals surface area contributed by atoms with Gasteiger partial charge in [0, 0.05) is 36.9 Å². The van der Waals surface area contributed by atoms with Gasteiger partial charge < -0.3 is 0 Å². The van der Waals surface area contributed by atoms with Crippen LogP contribution >= 0.6 is 11.3 Å². The molecule has 0 bridgehead atoms. The first-order chi connectivity index (χ1) is 27.2. The van der Waals surface area contributed by atoms with Gasteiger partial charge in [-0.1, -0.05) is 176 Å². The van der Waals surface area contributed by atoms with E-state index in [1.807, 2.05) is 60.7 Å². The summed E-state index contributed by atoms with van der Waals surface area (Å²) in [6.45, 7) is 0. The lowest BCUT2D eigenvalue weighted by Gasteiger charge is -2.10. The lowest BCUT2D eigenvalue weighted by molar-refractivity contribution is 1.08. The molecular weight excluding hydrogens is 687 g/mol. The molecule has 10 aromatic rings. The highest BCUT2D eigenvalue weighted by molar-refractivity contribution is 7.26. The van der Waals surface area contributed by atoms with Gasteiger partial charge in [0.15, 0.2) is 17.5 Å². The van der Waals surface area contributed by atoms with Crippen LogP contribution in [-0.4, -0.2) is 15.0 Å². The van der Waals surface area contributed by atoms with E-state index in [4.69, 9.17) is 15.0 Å². The van der Waals surface area contributed by atoms with E-state index in [0.29, 0.717) is 17.5 Å². The van der Waals surface area contributed by atoms with Gasteiger partial charge >= 0.3 is 0 Å². The molecule has 0 aliphatic carbocycles. The van der Waals surface area contributed by atoms with Crippen molar-refractivity contribution in [3.05, 3.63) is 200 Å². The summed E-state index contributed by atoms with van der Waals surface area (Å²) in [5.74, 6) is 1.99. The predicted octanol–water partition coefficient (Wildman–Crippen LogP) is 13.9. The third kappa shape index (κ3) is 6.39. The predicted molar refractivity (Wildman–Crippen MR) is 231 cm³/mol. The molecule has 0 radical (unpaired) electrons. The first-order valence-electron chi connectivity index (χ1n) is 18.4. The Labute approximate surface area is 323 Å². The second kappa shape index (κ2) is 14.1. The van der Waals surface area contributed by atoms with Gasteiger partial charge in [0.25, 0.3) is 0 Å². The summed E-state index contributed by atoms with van der Waals surface area (Å²) < 4.78 is 2.44. The largest absolute Gasteiger partial charge is 0.208 e. The molecule has 0 amide bonds. The van der Waals surface area contributed by atoms with E-state index < -0.39 is 0 Å². The van der Waals surface area contributed by atoms with Gasteiger partial charge in [-0.15, -0.1) is 11.3 Å². The SMILES string of the molecule is c1ccc(-c2cccc(-c3ccc(-c4ccc(-c5ccc6sc7cccc(-c8nc(-c9ccccc9)nc(-c9ccccc9)n8)c7c6c5)cc4)cc3)c2)cc1. The van der Waals surface area contributed by atoms with Crippen LogP contribution in [0.4, 0.5) is 0 Å². The number of fused-ring (bicyclic) bond motifs is 3. The Morgan fingerprint density at radius 1 is 0.273 bits per heavy atom. The summed E-state index contributed by atoms with van der Waals surface area (Å²) in [7, 11) is 0. The summed E-state index contributed by atoms with van der Waals surface area (Å²) >= 11 is 1.80. The molecular formula is C51H33N3S. The summed E-state index contributed by atoms with van der Waals surface area (Å²) in [6.07, 6.45) is 0. The number of aromatic nitrogens is 3. The van der Waals surface area contributed by atoms with Crippen molar-refractivity contribution in [3.8, 4) is 78.7 Å². The highest BCUT2D eigenvalue weighted by Crippen LogP contribution is 2.41. The van der Waals surface area contributed by atoms with Crippen molar-refractivity contribution in [2.24, 2.45) is 0 Å². The minimum absolute atomic E-state index is 0.661. The van der Waals surface area contributed by atoms with E-state index in [0.717, 1.165) is 16.7 Å². The third-order valence-corrected chi connectivity index (χ3v) is 11.3. The smallest absolute Gasteiger partial charge is 0.164 e. The summed E-state index contributed by atoms with van der Waals surface area (Å²) in [6, 6.07) is 70.6. The molecule has 10 rings (SSSR count). The molecule has 3 nitrogen and oxygen atoms in total. The number of nitrogens with zero attached hydrogens (tertiary/aromatic N) is 3. The minimum atomic E-state index is 0.661. The molecule has 0 aliphatic heterocycles. The standard InChI is InChI=1S/C51H33N3S/c1-4-12-34(13-5-1)41-18-10-19-42(32-41)37-26-22-35(23-27-37)36-24-28-38(29-25-36)43-30-31-46-45(33-43)48-44(20-11-21-47(48)55-46)51-53-49(39-14-6-2-7-15-39)52-50(54-51)40-16-8-3-9-17-40/h1-33H. The molecule has 0 aliphatic rings. The number of thiophene rings is 1. The molecule has 2 aromatic heterocycles. The Hall–Kier alpha value is -7.01. The van der Waals surface area contributed by atoms with E-state index in [2.05, 4.69) is 140 Å². The second-order valence-corrected chi connectivity index (χ2v) is 14.7. The van der Waals surface area contributed by atoms with Crippen molar-refractivity contribution in [3.63, 3.8) is 0 Å². The first kappa shape index (κ1) is 32.6. The van der Waals surface area contributed by atoms with Crippen molar-refractivity contribution in [2.75, 3.05) is 0 Å². The molecule has 0 saturated heterocycles. The average molecular weight is 720 g/mol. The maximum Gasteiger partial charge on any atom is 0.164 e. The Morgan fingerprint density at radius 3 is 1.22 bits per heavy atom. The van der Waals surface area contributed by atoms with Gasteiger partial charge in [-0.05, 0) is 68.8 Å². The third-order valence-electron chi connectivity index (χ3n) is 10.2. The lowest BCUT2D eigenvalue weighted by Crippen LogP contribution is -2.00. The zero-order valence-corrected chi connectivity index (χ0v) is 30.6. The molecule has 2 heterocycles. The summed E-state index contributed by atoms with van der Waals surface area (Å²) in [5.41, 5.74) is 12.5. The van der Waals surface area contributed by atoms with Gasteiger partial charge in [0.05, 0.1) is 0 Å². The molecule has 0 atom stereocenters. The van der Waals surface area contributed by atoms with Gasteiger partial charge in [-0.3, -0.25) is 0 Å². The molecule has 0 spiro atoms. The normalized spacial score (nSPS) is 11.3. The van der Waals surface area contributed by atoms with Crippen molar-refractivity contribution in [2.45, 2.75) is 0 Å². The molecule has 258 valence electrons. The monoisotopic (exact) mass is 719 g/mol. The minimum Gasteiger partial charge on any atom is -0.208 e. The van der Waals surface area contributed by atoms with Gasteiger partial charge in [-0.2, -0.15) is 0 Å². The molecule has 55 heavy (non-hydrogen) atoms. The van der Waals surface area contributed by atoms with Crippen LogP contribution in [0.2, 0.25) is 0 Å². The van der Waals surface area contributed by atoms with Crippen LogP contribution in [0.1, 0.15) is 0 Å². The highest BCUT2D eigenvalue weighted by Gasteiger charge is 2.17. The Balaban J connectivity index is 0.987. The fraction of sp³-hybridized carbons (Fsp3) is 0. The van der Waals surface area contributed by atoms with Crippen molar-refractivity contribution in [1.82, 2.24) is 15.0 Å².